The van der Waals surface area contributed by atoms with Crippen molar-refractivity contribution in [3.05, 3.63) is 28.7 Å². The quantitative estimate of drug-likeness (QED) is 0.677. The normalized spacial score (nSPS) is 13.3. The molecule has 1 aromatic carbocycles. The van der Waals surface area contributed by atoms with Crippen LogP contribution >= 0.6 is 15.9 Å². The van der Waals surface area contributed by atoms with Crippen LogP contribution in [-0.4, -0.2) is 38.0 Å². The van der Waals surface area contributed by atoms with Crippen LogP contribution in [-0.2, 0) is 9.59 Å². The topological polar surface area (TPSA) is 62.6 Å². The number of quaternary nitrogens is 1. The molecular formula is C15H23BrN3O2+. The molecule has 0 bridgehead atoms. The molecule has 1 unspecified atom stereocenters. The second-order valence-electron chi connectivity index (χ2n) is 5.09. The molecule has 5 nitrogen and oxygen atoms in total. The molecule has 0 radical (unpaired) electrons. The Morgan fingerprint density at radius 1 is 1.29 bits per heavy atom. The largest absolute Gasteiger partial charge is 0.351 e. The second kappa shape index (κ2) is 8.79. The number of amides is 2. The van der Waals surface area contributed by atoms with E-state index in [4.69, 9.17) is 0 Å². The minimum atomic E-state index is -0.305. The predicted octanol–water partition coefficient (Wildman–Crippen LogP) is 0.817. The third-order valence-electron chi connectivity index (χ3n) is 3.26. The molecule has 1 aromatic rings. The first kappa shape index (κ1) is 17.7. The summed E-state index contributed by atoms with van der Waals surface area (Å²) in [6, 6.07) is 7.10. The average molecular weight is 357 g/mol. The lowest BCUT2D eigenvalue weighted by Crippen LogP contribution is -3.15. The van der Waals surface area contributed by atoms with Crippen LogP contribution in [0.1, 0.15) is 20.3 Å². The van der Waals surface area contributed by atoms with Crippen LogP contribution in [0.15, 0.2) is 28.7 Å². The molecule has 0 heterocycles. The molecule has 0 saturated heterocycles. The highest BCUT2D eigenvalue weighted by Crippen LogP contribution is 2.13. The number of halogens is 1. The fraction of sp³-hybridized carbons (Fsp3) is 0.467. The first-order chi connectivity index (χ1) is 9.93. The van der Waals surface area contributed by atoms with Gasteiger partial charge in [0.25, 0.3) is 11.8 Å². The lowest BCUT2D eigenvalue weighted by molar-refractivity contribution is -0.885. The number of hydrogen-bond acceptors (Lipinski definition) is 2. The number of rotatable bonds is 7. The van der Waals surface area contributed by atoms with E-state index in [0.29, 0.717) is 6.54 Å². The van der Waals surface area contributed by atoms with Crippen LogP contribution in [0.2, 0.25) is 0 Å². The lowest BCUT2D eigenvalue weighted by atomic mass is 10.2. The van der Waals surface area contributed by atoms with Gasteiger partial charge in [0.15, 0.2) is 12.6 Å². The van der Waals surface area contributed by atoms with Gasteiger partial charge >= 0.3 is 0 Å². The minimum Gasteiger partial charge on any atom is -0.351 e. The average Bonchev–Trinajstić information content (AvgIpc) is 2.46. The fourth-order valence-corrected chi connectivity index (χ4v) is 2.01. The van der Waals surface area contributed by atoms with Gasteiger partial charge in [-0.15, -0.1) is 0 Å². The van der Waals surface area contributed by atoms with Crippen LogP contribution in [0.25, 0.3) is 0 Å². The van der Waals surface area contributed by atoms with E-state index in [1.807, 2.05) is 45.2 Å². The molecule has 116 valence electrons. The van der Waals surface area contributed by atoms with E-state index in [0.717, 1.165) is 21.5 Å². The molecule has 0 saturated carbocycles. The summed E-state index contributed by atoms with van der Waals surface area (Å²) in [5.74, 6) is -0.129. The molecule has 21 heavy (non-hydrogen) atoms. The molecule has 0 aliphatic rings. The summed E-state index contributed by atoms with van der Waals surface area (Å²) < 4.78 is 0.962. The molecule has 2 amide bonds. The zero-order chi connectivity index (χ0) is 15.8. The van der Waals surface area contributed by atoms with E-state index in [-0.39, 0.29) is 24.4 Å². The van der Waals surface area contributed by atoms with E-state index in [2.05, 4.69) is 26.6 Å². The van der Waals surface area contributed by atoms with Gasteiger partial charge in [-0.05, 0) is 37.6 Å². The van der Waals surface area contributed by atoms with Gasteiger partial charge < -0.3 is 15.5 Å². The second-order valence-corrected chi connectivity index (χ2v) is 6.01. The summed E-state index contributed by atoms with van der Waals surface area (Å²) in [6.45, 7) is 4.78. The van der Waals surface area contributed by atoms with Crippen molar-refractivity contribution < 1.29 is 14.5 Å². The highest BCUT2D eigenvalue weighted by Gasteiger charge is 2.23. The minimum absolute atomic E-state index is 0.0300. The van der Waals surface area contributed by atoms with E-state index in [1.165, 1.54) is 0 Å². The van der Waals surface area contributed by atoms with Crippen molar-refractivity contribution in [2.45, 2.75) is 26.3 Å². The molecule has 6 heteroatoms. The van der Waals surface area contributed by atoms with E-state index in [1.54, 1.807) is 0 Å². The Balaban J connectivity index is 2.49. The van der Waals surface area contributed by atoms with Crippen LogP contribution in [0.5, 0.6) is 0 Å². The Morgan fingerprint density at radius 2 is 1.90 bits per heavy atom. The van der Waals surface area contributed by atoms with Gasteiger partial charge in [-0.1, -0.05) is 22.9 Å². The third-order valence-corrected chi connectivity index (χ3v) is 3.78. The predicted molar refractivity (Wildman–Crippen MR) is 87.3 cm³/mol. The van der Waals surface area contributed by atoms with E-state index < -0.39 is 0 Å². The smallest absolute Gasteiger partial charge is 0.282 e. The number of hydrogen-bond donors (Lipinski definition) is 3. The van der Waals surface area contributed by atoms with E-state index >= 15 is 0 Å². The summed E-state index contributed by atoms with van der Waals surface area (Å²) in [7, 11) is 1.84. The Hall–Kier alpha value is -1.40. The Morgan fingerprint density at radius 3 is 2.48 bits per heavy atom. The summed E-state index contributed by atoms with van der Waals surface area (Å²) in [4.78, 5) is 24.7. The van der Waals surface area contributed by atoms with Crippen molar-refractivity contribution in [2.24, 2.45) is 0 Å². The highest BCUT2D eigenvalue weighted by molar-refractivity contribution is 9.10. The van der Waals surface area contributed by atoms with Gasteiger partial charge in [0.1, 0.15) is 0 Å². The van der Waals surface area contributed by atoms with Gasteiger partial charge in [-0.2, -0.15) is 0 Å². The maximum atomic E-state index is 12.2. The number of nitrogens with one attached hydrogen (secondary N) is 3. The zero-order valence-electron chi connectivity index (χ0n) is 12.7. The van der Waals surface area contributed by atoms with Gasteiger partial charge in [0, 0.05) is 16.7 Å². The number of likely N-dealkylation sites (N-methyl/N-ethyl adjacent to an activating group) is 1. The standard InChI is InChI=1S/C15H22BrN3O2/c1-4-9-17-14(20)10-19(3)11(2)15(21)18-13-7-5-12(16)6-8-13/h5-8,11H,4,9-10H2,1-3H3,(H,17,20)(H,18,21)/p+1/t11-/m1/s1. The molecule has 0 aliphatic heterocycles. The maximum Gasteiger partial charge on any atom is 0.282 e. The van der Waals surface area contributed by atoms with Crippen molar-refractivity contribution in [1.82, 2.24) is 5.32 Å². The van der Waals surface area contributed by atoms with Crippen LogP contribution in [0.4, 0.5) is 5.69 Å². The molecule has 0 spiro atoms. The molecule has 0 fully saturated rings. The van der Waals surface area contributed by atoms with Crippen LogP contribution < -0.4 is 15.5 Å². The highest BCUT2D eigenvalue weighted by atomic mass is 79.9. The molecule has 2 atom stereocenters. The fourth-order valence-electron chi connectivity index (χ4n) is 1.74. The van der Waals surface area contributed by atoms with Crippen molar-refractivity contribution >= 4 is 33.4 Å². The van der Waals surface area contributed by atoms with Crippen molar-refractivity contribution in [2.75, 3.05) is 25.5 Å². The van der Waals surface area contributed by atoms with Gasteiger partial charge in [0.2, 0.25) is 0 Å². The first-order valence-electron chi connectivity index (χ1n) is 7.09. The lowest BCUT2D eigenvalue weighted by Gasteiger charge is -2.20. The van der Waals surface area contributed by atoms with Crippen LogP contribution in [0, 0.1) is 0 Å². The monoisotopic (exact) mass is 356 g/mol. The summed E-state index contributed by atoms with van der Waals surface area (Å²) in [6.07, 6.45) is 0.907. The van der Waals surface area contributed by atoms with Crippen LogP contribution in [0.3, 0.4) is 0 Å². The Bertz CT molecular complexity index is 476. The number of carbonyl (C=O) groups is 2. The first-order valence-corrected chi connectivity index (χ1v) is 7.88. The van der Waals surface area contributed by atoms with Crippen molar-refractivity contribution in [3.63, 3.8) is 0 Å². The summed E-state index contributed by atoms with van der Waals surface area (Å²) in [5.41, 5.74) is 0.748. The molecule has 1 rings (SSSR count). The van der Waals surface area contributed by atoms with Gasteiger partial charge in [-0.3, -0.25) is 9.59 Å². The number of benzene rings is 1. The Labute approximate surface area is 134 Å². The summed E-state index contributed by atoms with van der Waals surface area (Å²) >= 11 is 3.35. The van der Waals surface area contributed by atoms with Crippen molar-refractivity contribution in [3.8, 4) is 0 Å². The van der Waals surface area contributed by atoms with Crippen molar-refractivity contribution in [1.29, 1.82) is 0 Å². The third kappa shape index (κ3) is 6.27. The Kier molecular flexibility index (Phi) is 7.39. The maximum absolute atomic E-state index is 12.2. The number of anilines is 1. The molecule has 0 aromatic heterocycles. The van der Waals surface area contributed by atoms with E-state index in [9.17, 15) is 9.59 Å². The SMILES string of the molecule is CCCNC(=O)C[NH+](C)[C@H](C)C(=O)Nc1ccc(Br)cc1. The molecule has 3 N–H and O–H groups in total. The van der Waals surface area contributed by atoms with Gasteiger partial charge in [0.05, 0.1) is 7.05 Å². The number of carbonyl (C=O) groups excluding carboxylic acids is 2. The van der Waals surface area contributed by atoms with Gasteiger partial charge in [-0.25, -0.2) is 0 Å². The molecule has 0 aliphatic carbocycles. The summed E-state index contributed by atoms with van der Waals surface area (Å²) in [5, 5.41) is 5.67. The zero-order valence-corrected chi connectivity index (χ0v) is 14.3. The molecular weight excluding hydrogens is 334 g/mol.